The van der Waals surface area contributed by atoms with Gasteiger partial charge in [0.05, 0.1) is 6.61 Å². The molecule has 0 aromatic heterocycles. The maximum absolute atomic E-state index is 11.8. The van der Waals surface area contributed by atoms with Gasteiger partial charge in [0.15, 0.2) is 0 Å². The van der Waals surface area contributed by atoms with E-state index in [0.717, 1.165) is 17.7 Å². The monoisotopic (exact) mass is 231 g/mol. The molecule has 0 saturated carbocycles. The van der Waals surface area contributed by atoms with Crippen molar-refractivity contribution in [2.45, 2.75) is 19.6 Å². The van der Waals surface area contributed by atoms with Crippen molar-refractivity contribution in [3.8, 4) is 0 Å². The second-order valence-corrected chi connectivity index (χ2v) is 4.40. The van der Waals surface area contributed by atoms with Crippen molar-refractivity contribution in [1.29, 1.82) is 0 Å². The summed E-state index contributed by atoms with van der Waals surface area (Å²) in [5.74, 6) is 0.437. The molecule has 3 nitrogen and oxygen atoms in total. The number of nitrogens with zero attached hydrogens (tertiary/aromatic N) is 1. The number of amides is 1. The van der Waals surface area contributed by atoms with Crippen molar-refractivity contribution in [2.75, 3.05) is 6.54 Å². The Kier molecular flexibility index (Phi) is 3.59. The van der Waals surface area contributed by atoms with Gasteiger partial charge in [0, 0.05) is 25.4 Å². The summed E-state index contributed by atoms with van der Waals surface area (Å²) in [6.45, 7) is 5.07. The molecule has 17 heavy (non-hydrogen) atoms. The summed E-state index contributed by atoms with van der Waals surface area (Å²) in [6, 6.07) is 7.67. The van der Waals surface area contributed by atoms with Crippen molar-refractivity contribution in [2.24, 2.45) is 5.92 Å². The van der Waals surface area contributed by atoms with Gasteiger partial charge in [0.1, 0.15) is 0 Å². The molecule has 1 unspecified atom stereocenters. The Labute approximate surface area is 101 Å². The van der Waals surface area contributed by atoms with Gasteiger partial charge in [-0.3, -0.25) is 4.79 Å². The number of rotatable bonds is 4. The molecule has 1 saturated heterocycles. The third kappa shape index (κ3) is 2.56. The molecule has 1 atom stereocenters. The lowest BCUT2D eigenvalue weighted by molar-refractivity contribution is -0.128. The quantitative estimate of drug-likeness (QED) is 0.801. The molecule has 1 aliphatic heterocycles. The molecule has 1 aliphatic rings. The molecule has 1 aromatic rings. The minimum absolute atomic E-state index is 0.0170. The van der Waals surface area contributed by atoms with E-state index < -0.39 is 0 Å². The first-order valence-electron chi connectivity index (χ1n) is 5.82. The molecular weight excluding hydrogens is 214 g/mol. The predicted molar refractivity (Wildman–Crippen MR) is 66.1 cm³/mol. The van der Waals surface area contributed by atoms with Crippen LogP contribution < -0.4 is 0 Å². The van der Waals surface area contributed by atoms with Crippen molar-refractivity contribution < 1.29 is 9.90 Å². The van der Waals surface area contributed by atoms with E-state index in [2.05, 4.69) is 6.58 Å². The third-order valence-electron chi connectivity index (χ3n) is 3.23. The largest absolute Gasteiger partial charge is 0.392 e. The fourth-order valence-corrected chi connectivity index (χ4v) is 2.19. The zero-order valence-corrected chi connectivity index (χ0v) is 9.80. The van der Waals surface area contributed by atoms with Gasteiger partial charge >= 0.3 is 0 Å². The summed E-state index contributed by atoms with van der Waals surface area (Å²) in [4.78, 5) is 13.6. The van der Waals surface area contributed by atoms with E-state index in [9.17, 15) is 9.90 Å². The van der Waals surface area contributed by atoms with Gasteiger partial charge in [0.2, 0.25) is 5.91 Å². The fourth-order valence-electron chi connectivity index (χ4n) is 2.19. The van der Waals surface area contributed by atoms with Crippen LogP contribution in [0.3, 0.4) is 0 Å². The first-order valence-corrected chi connectivity index (χ1v) is 5.82. The molecule has 0 spiro atoms. The van der Waals surface area contributed by atoms with Crippen LogP contribution in [0.1, 0.15) is 17.5 Å². The van der Waals surface area contributed by atoms with Crippen LogP contribution in [0, 0.1) is 5.92 Å². The molecule has 1 heterocycles. The number of likely N-dealkylation sites (tertiary alicyclic amines) is 1. The third-order valence-corrected chi connectivity index (χ3v) is 3.23. The van der Waals surface area contributed by atoms with Crippen LogP contribution in [-0.2, 0) is 17.9 Å². The van der Waals surface area contributed by atoms with E-state index in [4.69, 9.17) is 0 Å². The zero-order chi connectivity index (χ0) is 12.3. The molecule has 0 bridgehead atoms. The smallest absolute Gasteiger partial charge is 0.223 e. The Bertz CT molecular complexity index is 428. The standard InChI is InChI=1S/C14H17NO2/c1-2-11-7-14(17)15(8-11)9-12-5-3-4-6-13(12)10-16/h2-6,11,16H,1,7-10H2. The number of carbonyl (C=O) groups is 1. The average molecular weight is 231 g/mol. The number of hydrogen-bond donors (Lipinski definition) is 1. The summed E-state index contributed by atoms with van der Waals surface area (Å²) in [7, 11) is 0. The lowest BCUT2D eigenvalue weighted by atomic mass is 10.1. The summed E-state index contributed by atoms with van der Waals surface area (Å²) in [5.41, 5.74) is 1.91. The topological polar surface area (TPSA) is 40.5 Å². The van der Waals surface area contributed by atoms with E-state index in [0.29, 0.717) is 13.0 Å². The van der Waals surface area contributed by atoms with E-state index in [1.807, 2.05) is 35.2 Å². The Morgan fingerprint density at radius 2 is 2.12 bits per heavy atom. The van der Waals surface area contributed by atoms with E-state index >= 15 is 0 Å². The number of benzene rings is 1. The van der Waals surface area contributed by atoms with Gasteiger partial charge < -0.3 is 10.0 Å². The first-order chi connectivity index (χ1) is 8.24. The highest BCUT2D eigenvalue weighted by Crippen LogP contribution is 2.21. The Balaban J connectivity index is 2.11. The number of aliphatic hydroxyl groups excluding tert-OH is 1. The summed E-state index contributed by atoms with van der Waals surface area (Å²) >= 11 is 0. The first kappa shape index (κ1) is 11.9. The fraction of sp³-hybridized carbons (Fsp3) is 0.357. The Morgan fingerprint density at radius 3 is 2.71 bits per heavy atom. The van der Waals surface area contributed by atoms with Crippen LogP contribution in [0.15, 0.2) is 36.9 Å². The lowest BCUT2D eigenvalue weighted by Gasteiger charge is -2.18. The highest BCUT2D eigenvalue weighted by molar-refractivity contribution is 5.79. The molecule has 90 valence electrons. The highest BCUT2D eigenvalue weighted by atomic mass is 16.3. The van der Waals surface area contributed by atoms with E-state index in [1.165, 1.54) is 0 Å². The van der Waals surface area contributed by atoms with Gasteiger partial charge in [-0.15, -0.1) is 6.58 Å². The van der Waals surface area contributed by atoms with Gasteiger partial charge in [0.25, 0.3) is 0 Å². The van der Waals surface area contributed by atoms with Crippen LogP contribution in [-0.4, -0.2) is 22.5 Å². The van der Waals surface area contributed by atoms with Crippen LogP contribution in [0.2, 0.25) is 0 Å². The minimum Gasteiger partial charge on any atom is -0.392 e. The van der Waals surface area contributed by atoms with E-state index in [1.54, 1.807) is 0 Å². The Morgan fingerprint density at radius 1 is 1.41 bits per heavy atom. The lowest BCUT2D eigenvalue weighted by Crippen LogP contribution is -2.25. The SMILES string of the molecule is C=CC1CC(=O)N(Cc2ccccc2CO)C1. The number of hydrogen-bond acceptors (Lipinski definition) is 2. The van der Waals surface area contributed by atoms with E-state index in [-0.39, 0.29) is 18.4 Å². The normalized spacial score (nSPS) is 19.7. The number of aliphatic hydroxyl groups is 1. The molecule has 1 amide bonds. The summed E-state index contributed by atoms with van der Waals surface area (Å²) in [6.07, 6.45) is 2.40. The predicted octanol–water partition coefficient (Wildman–Crippen LogP) is 1.71. The second kappa shape index (κ2) is 5.15. The van der Waals surface area contributed by atoms with Crippen molar-refractivity contribution >= 4 is 5.91 Å². The van der Waals surface area contributed by atoms with Crippen molar-refractivity contribution in [3.63, 3.8) is 0 Å². The molecule has 1 aromatic carbocycles. The van der Waals surface area contributed by atoms with Gasteiger partial charge in [-0.1, -0.05) is 30.3 Å². The van der Waals surface area contributed by atoms with Crippen LogP contribution >= 0.6 is 0 Å². The minimum atomic E-state index is 0.0170. The highest BCUT2D eigenvalue weighted by Gasteiger charge is 2.27. The van der Waals surface area contributed by atoms with Crippen LogP contribution in [0.4, 0.5) is 0 Å². The maximum atomic E-state index is 11.8. The molecule has 2 rings (SSSR count). The van der Waals surface area contributed by atoms with Crippen molar-refractivity contribution in [1.82, 2.24) is 4.90 Å². The van der Waals surface area contributed by atoms with Crippen LogP contribution in [0.5, 0.6) is 0 Å². The molecule has 1 N–H and O–H groups in total. The van der Waals surface area contributed by atoms with Crippen LogP contribution in [0.25, 0.3) is 0 Å². The molecule has 1 fully saturated rings. The van der Waals surface area contributed by atoms with Gasteiger partial charge in [-0.25, -0.2) is 0 Å². The molecule has 0 aliphatic carbocycles. The molecule has 3 heteroatoms. The zero-order valence-electron chi connectivity index (χ0n) is 9.80. The summed E-state index contributed by atoms with van der Waals surface area (Å²) < 4.78 is 0. The molecular formula is C14H17NO2. The summed E-state index contributed by atoms with van der Waals surface area (Å²) in [5, 5.41) is 9.24. The number of carbonyl (C=O) groups excluding carboxylic acids is 1. The molecule has 0 radical (unpaired) electrons. The van der Waals surface area contributed by atoms with Crippen molar-refractivity contribution in [3.05, 3.63) is 48.0 Å². The average Bonchev–Trinajstić information content (AvgIpc) is 2.71. The second-order valence-electron chi connectivity index (χ2n) is 4.40. The van der Waals surface area contributed by atoms with Gasteiger partial charge in [-0.2, -0.15) is 0 Å². The maximum Gasteiger partial charge on any atom is 0.223 e. The Hall–Kier alpha value is -1.61. The van der Waals surface area contributed by atoms with Gasteiger partial charge in [-0.05, 0) is 11.1 Å².